The molecule has 16 nitrogen and oxygen atoms in total. The Morgan fingerprint density at radius 2 is 1.00 bits per heavy atom. The Labute approximate surface area is 497 Å². The molecule has 8 heterocycles. The predicted molar refractivity (Wildman–Crippen MR) is 333 cm³/mol. The third-order valence-corrected chi connectivity index (χ3v) is 16.4. The molecule has 0 spiro atoms. The van der Waals surface area contributed by atoms with Gasteiger partial charge in [-0.05, 0) is 82.9 Å². The molecule has 6 aromatic carbocycles. The zero-order chi connectivity index (χ0) is 57.8. The number of ether oxygens (including phenoxy) is 4. The fourth-order valence-corrected chi connectivity index (χ4v) is 12.2. The molecule has 0 radical (unpaired) electrons. The van der Waals surface area contributed by atoms with Crippen molar-refractivity contribution < 1.29 is 18.9 Å². The molecule has 16 heteroatoms. The van der Waals surface area contributed by atoms with E-state index in [0.29, 0.717) is 68.5 Å². The van der Waals surface area contributed by atoms with Crippen LogP contribution in [0.4, 0.5) is 17.5 Å². The van der Waals surface area contributed by atoms with Gasteiger partial charge in [0, 0.05) is 125 Å². The van der Waals surface area contributed by atoms with Crippen LogP contribution in [0.3, 0.4) is 0 Å². The Morgan fingerprint density at radius 1 is 0.465 bits per heavy atom. The maximum atomic E-state index is 6.75. The first kappa shape index (κ1) is 53.4. The summed E-state index contributed by atoms with van der Waals surface area (Å²) in [6, 6.07) is 59.7. The van der Waals surface area contributed by atoms with E-state index in [9.17, 15) is 0 Å². The minimum atomic E-state index is -0.336. The van der Waals surface area contributed by atoms with Crippen molar-refractivity contribution in [3.8, 4) is 23.0 Å². The Kier molecular flexibility index (Phi) is 14.9. The number of methoxy groups -OCH3 is 2. The van der Waals surface area contributed by atoms with E-state index in [1.54, 1.807) is 14.2 Å². The van der Waals surface area contributed by atoms with Crippen molar-refractivity contribution in [3.05, 3.63) is 263 Å². The largest absolute Gasteiger partial charge is 0.493 e. The summed E-state index contributed by atoms with van der Waals surface area (Å²) >= 11 is 0. The summed E-state index contributed by atoms with van der Waals surface area (Å²) in [5.74, 6) is 5.09. The van der Waals surface area contributed by atoms with Crippen molar-refractivity contribution in [1.29, 1.82) is 0 Å². The molecule has 3 N–H and O–H groups in total. The van der Waals surface area contributed by atoms with E-state index < -0.39 is 0 Å². The van der Waals surface area contributed by atoms with Crippen molar-refractivity contribution >= 4 is 49.8 Å². The van der Waals surface area contributed by atoms with Gasteiger partial charge in [-0.25, -0.2) is 0 Å². The summed E-state index contributed by atoms with van der Waals surface area (Å²) < 4.78 is 24.2. The third kappa shape index (κ3) is 11.0. The molecule has 2 aliphatic rings. The molecule has 2 aliphatic heterocycles. The third-order valence-electron chi connectivity index (χ3n) is 16.4. The highest BCUT2D eigenvalue weighted by molar-refractivity contribution is 5.95. The number of fused-ring (bicyclic) bond motifs is 5. The lowest BCUT2D eigenvalue weighted by atomic mass is 9.81. The summed E-state index contributed by atoms with van der Waals surface area (Å²) in [5, 5.41) is 46.0. The van der Waals surface area contributed by atoms with Crippen LogP contribution in [0.2, 0.25) is 0 Å². The lowest BCUT2D eigenvalue weighted by Gasteiger charge is -2.34. The molecule has 86 heavy (non-hydrogen) atoms. The molecular formula is C70H60N12O4. The van der Waals surface area contributed by atoms with Gasteiger partial charge >= 0.3 is 0 Å². The van der Waals surface area contributed by atoms with Crippen LogP contribution in [0.15, 0.2) is 201 Å². The normalized spacial score (nSPS) is 16.1. The van der Waals surface area contributed by atoms with E-state index in [4.69, 9.17) is 59.5 Å². The van der Waals surface area contributed by atoms with Crippen LogP contribution < -0.4 is 34.9 Å². The highest BCUT2D eigenvalue weighted by atomic mass is 16.5. The van der Waals surface area contributed by atoms with Crippen LogP contribution in [-0.4, -0.2) is 72.9 Å². The van der Waals surface area contributed by atoms with Gasteiger partial charge in [0.05, 0.1) is 49.6 Å². The molecule has 0 amide bonds. The summed E-state index contributed by atoms with van der Waals surface area (Å²) in [6.07, 6.45) is 9.44. The zero-order valence-corrected chi connectivity index (χ0v) is 47.5. The van der Waals surface area contributed by atoms with Crippen molar-refractivity contribution in [1.82, 2.24) is 45.5 Å². The summed E-state index contributed by atoms with van der Waals surface area (Å²) in [5.41, 5.74) is 10.9. The first-order valence-electron chi connectivity index (χ1n) is 28.9. The average Bonchev–Trinajstić information content (AvgIpc) is 3.15. The van der Waals surface area contributed by atoms with Crippen LogP contribution in [0.25, 0.3) is 32.3 Å². The quantitative estimate of drug-likeness (QED) is 0.0735. The SMILES string of the molecule is COc1ccc(CNc2nnc(Cc3ccnc(C4c5ccccc5OCC4CNc4nnc(Cc5ccnc(C6CC(Nc7nnc(Cc8ccncc8)c8ccccc78)c7ccccc7O6)c5)c5ccccc45)c3)c3ccccc23)cc1OC. The van der Waals surface area contributed by atoms with Crippen LogP contribution in [0.1, 0.15) is 86.3 Å². The molecule has 0 saturated heterocycles. The lowest BCUT2D eigenvalue weighted by molar-refractivity contribution is 0.161. The molecule has 0 fully saturated rings. The van der Waals surface area contributed by atoms with Gasteiger partial charge in [-0.2, -0.15) is 15.3 Å². The maximum absolute atomic E-state index is 6.75. The number of nitrogens with one attached hydrogen (secondary N) is 3. The van der Waals surface area contributed by atoms with Crippen LogP contribution in [0.5, 0.6) is 23.0 Å². The molecule has 12 aromatic rings. The summed E-state index contributed by atoms with van der Waals surface area (Å²) in [6.45, 7) is 1.58. The molecule has 6 aromatic heterocycles. The standard InChI is InChI=1S/C70H60N12O4/c1-83-64-24-23-46(38-66(64)84-2)40-74-68-51-16-6-3-13-48(51)59(77-80-68)35-45-28-32-73-61(37-45)67-47(42-85-62-21-11-10-20-55(62)67)41-75-69-52-17-7-4-14-49(52)58(78-81-69)34-44-27-31-72-60(36-44)65-39-56(54-19-9-12-22-63(54)86-65)76-70-53-18-8-5-15-50(53)57(79-82-70)33-43-25-29-71-30-26-43/h3-32,36-38,47,56,65,67H,33-35,39-42H2,1-2H3,(H,74,80)(H,75,81)(H,76,82). The summed E-state index contributed by atoms with van der Waals surface area (Å²) in [4.78, 5) is 14.2. The fourth-order valence-electron chi connectivity index (χ4n) is 12.2. The monoisotopic (exact) mass is 1130 g/mol. The Bertz CT molecular complexity index is 4440. The van der Waals surface area contributed by atoms with E-state index >= 15 is 0 Å². The van der Waals surface area contributed by atoms with Crippen molar-refractivity contribution in [2.24, 2.45) is 5.92 Å². The molecule has 0 aliphatic carbocycles. The van der Waals surface area contributed by atoms with E-state index in [0.717, 1.165) is 111 Å². The molecule has 0 bridgehead atoms. The Hall–Kier alpha value is -10.6. The van der Waals surface area contributed by atoms with Gasteiger partial charge in [-0.3, -0.25) is 15.0 Å². The number of nitrogens with zero attached hydrogens (tertiary/aromatic N) is 9. The van der Waals surface area contributed by atoms with Gasteiger partial charge < -0.3 is 34.9 Å². The van der Waals surface area contributed by atoms with E-state index in [2.05, 4.69) is 99.8 Å². The van der Waals surface area contributed by atoms with Gasteiger partial charge in [0.25, 0.3) is 0 Å². The minimum Gasteiger partial charge on any atom is -0.493 e. The number of aromatic nitrogens is 9. The number of hydrogen-bond acceptors (Lipinski definition) is 16. The van der Waals surface area contributed by atoms with E-state index in [1.165, 1.54) is 0 Å². The maximum Gasteiger partial charge on any atom is 0.161 e. The Balaban J connectivity index is 0.683. The second-order valence-electron chi connectivity index (χ2n) is 21.8. The van der Waals surface area contributed by atoms with Gasteiger partial charge in [0.1, 0.15) is 17.6 Å². The number of benzene rings is 6. The molecular weight excluding hydrogens is 1070 g/mol. The van der Waals surface area contributed by atoms with E-state index in [1.807, 2.05) is 122 Å². The topological polar surface area (TPSA) is 189 Å². The molecule has 14 rings (SSSR count). The number of pyridine rings is 3. The lowest BCUT2D eigenvalue weighted by Crippen LogP contribution is -2.33. The number of para-hydroxylation sites is 2. The second-order valence-corrected chi connectivity index (χ2v) is 21.8. The van der Waals surface area contributed by atoms with Crippen LogP contribution in [0, 0.1) is 5.92 Å². The van der Waals surface area contributed by atoms with Crippen LogP contribution in [-0.2, 0) is 25.8 Å². The van der Waals surface area contributed by atoms with Gasteiger partial charge in [0.15, 0.2) is 29.0 Å². The smallest absolute Gasteiger partial charge is 0.161 e. The second kappa shape index (κ2) is 23.9. The zero-order valence-electron chi connectivity index (χ0n) is 47.5. The first-order valence-corrected chi connectivity index (χ1v) is 28.9. The van der Waals surface area contributed by atoms with Crippen molar-refractivity contribution in [3.63, 3.8) is 0 Å². The van der Waals surface area contributed by atoms with Crippen LogP contribution >= 0.6 is 0 Å². The number of anilines is 3. The number of rotatable bonds is 18. The van der Waals surface area contributed by atoms with Gasteiger partial charge in [-0.1, -0.05) is 115 Å². The van der Waals surface area contributed by atoms with E-state index in [-0.39, 0.29) is 24.0 Å². The molecule has 4 atom stereocenters. The van der Waals surface area contributed by atoms with Gasteiger partial charge in [-0.15, -0.1) is 15.3 Å². The van der Waals surface area contributed by atoms with Gasteiger partial charge in [0.2, 0.25) is 0 Å². The average molecular weight is 1130 g/mol. The Morgan fingerprint density at radius 3 is 1.66 bits per heavy atom. The van der Waals surface area contributed by atoms with Crippen molar-refractivity contribution in [2.45, 2.75) is 50.3 Å². The summed E-state index contributed by atoms with van der Waals surface area (Å²) in [7, 11) is 3.27. The molecule has 4 unspecified atom stereocenters. The highest BCUT2D eigenvalue weighted by Crippen LogP contribution is 2.44. The predicted octanol–water partition coefficient (Wildman–Crippen LogP) is 13.0. The highest BCUT2D eigenvalue weighted by Gasteiger charge is 2.35. The van der Waals surface area contributed by atoms with Crippen molar-refractivity contribution in [2.75, 3.05) is 43.3 Å². The number of hydrogen-bond donors (Lipinski definition) is 3. The minimum absolute atomic E-state index is 0.000533. The molecule has 424 valence electrons. The fraction of sp³-hybridized carbons (Fsp3) is 0.186. The molecule has 0 saturated carbocycles. The first-order chi connectivity index (χ1) is 42.5.